The zero-order valence-corrected chi connectivity index (χ0v) is 15.6. The van der Waals surface area contributed by atoms with E-state index in [-0.39, 0.29) is 11.8 Å². The topological polar surface area (TPSA) is 59.6 Å². The van der Waals surface area contributed by atoms with Crippen molar-refractivity contribution in [1.29, 1.82) is 0 Å². The number of aryl methyl sites for hydroxylation is 1. The molecule has 0 bridgehead atoms. The van der Waals surface area contributed by atoms with Crippen molar-refractivity contribution in [3.05, 3.63) is 23.3 Å². The van der Waals surface area contributed by atoms with Crippen molar-refractivity contribution in [3.8, 4) is 11.5 Å². The minimum absolute atomic E-state index is 0.165. The van der Waals surface area contributed by atoms with E-state index in [2.05, 4.69) is 17.6 Å². The Morgan fingerprint density at radius 2 is 1.80 bits per heavy atom. The third-order valence-electron chi connectivity index (χ3n) is 5.39. The normalized spacial score (nSPS) is 23.2. The summed E-state index contributed by atoms with van der Waals surface area (Å²) in [4.78, 5) is 12.3. The van der Waals surface area contributed by atoms with Crippen LogP contribution in [0.15, 0.2) is 12.1 Å². The lowest BCUT2D eigenvalue weighted by atomic mass is 9.85. The summed E-state index contributed by atoms with van der Waals surface area (Å²) in [6.07, 6.45) is 6.51. The monoisotopic (exact) mass is 346 g/mol. The van der Waals surface area contributed by atoms with Crippen LogP contribution < -0.4 is 20.1 Å². The summed E-state index contributed by atoms with van der Waals surface area (Å²) in [6, 6.07) is 4.91. The van der Waals surface area contributed by atoms with Gasteiger partial charge < -0.3 is 20.1 Å². The number of rotatable bonds is 7. The van der Waals surface area contributed by atoms with Gasteiger partial charge in [0.2, 0.25) is 5.91 Å². The lowest BCUT2D eigenvalue weighted by molar-refractivity contribution is -0.126. The molecule has 0 unspecified atom stereocenters. The van der Waals surface area contributed by atoms with Crippen LogP contribution in [-0.2, 0) is 11.3 Å². The van der Waals surface area contributed by atoms with Crippen molar-refractivity contribution in [1.82, 2.24) is 10.6 Å². The maximum Gasteiger partial charge on any atom is 0.223 e. The molecule has 3 rings (SSSR count). The van der Waals surface area contributed by atoms with Crippen LogP contribution >= 0.6 is 0 Å². The fourth-order valence-electron chi connectivity index (χ4n) is 3.63. The van der Waals surface area contributed by atoms with E-state index in [4.69, 9.17) is 9.47 Å². The maximum atomic E-state index is 12.3. The molecule has 2 N–H and O–H groups in total. The molecule has 1 aromatic rings. The Morgan fingerprint density at radius 1 is 1.08 bits per heavy atom. The molecule has 2 aliphatic rings. The van der Waals surface area contributed by atoms with E-state index < -0.39 is 0 Å². The van der Waals surface area contributed by atoms with E-state index >= 15 is 0 Å². The van der Waals surface area contributed by atoms with Crippen LogP contribution in [0.2, 0.25) is 0 Å². The van der Waals surface area contributed by atoms with Gasteiger partial charge in [-0.2, -0.15) is 0 Å². The summed E-state index contributed by atoms with van der Waals surface area (Å²) >= 11 is 0. The molecule has 0 radical (unpaired) electrons. The van der Waals surface area contributed by atoms with Gasteiger partial charge >= 0.3 is 0 Å². The van der Waals surface area contributed by atoms with Crippen LogP contribution in [0.25, 0.3) is 0 Å². The lowest BCUT2D eigenvalue weighted by Gasteiger charge is -2.29. The predicted octanol–water partition coefficient (Wildman–Crippen LogP) is 2.94. The molecule has 1 aromatic carbocycles. The average molecular weight is 346 g/mol. The van der Waals surface area contributed by atoms with Crippen molar-refractivity contribution < 1.29 is 14.3 Å². The molecule has 0 aliphatic heterocycles. The van der Waals surface area contributed by atoms with E-state index in [9.17, 15) is 4.79 Å². The summed E-state index contributed by atoms with van der Waals surface area (Å²) in [7, 11) is 3.32. The Balaban J connectivity index is 1.56. The molecule has 25 heavy (non-hydrogen) atoms. The number of methoxy groups -OCH3 is 2. The molecule has 0 spiro atoms. The molecule has 0 aromatic heterocycles. The van der Waals surface area contributed by atoms with Crippen molar-refractivity contribution >= 4 is 5.91 Å². The van der Waals surface area contributed by atoms with Crippen LogP contribution in [0, 0.1) is 12.8 Å². The highest BCUT2D eigenvalue weighted by molar-refractivity contribution is 5.79. The maximum absolute atomic E-state index is 12.3. The summed E-state index contributed by atoms with van der Waals surface area (Å²) in [5.74, 6) is 1.95. The second kappa shape index (κ2) is 8.09. The molecular formula is C20H30N2O3. The fourth-order valence-corrected chi connectivity index (χ4v) is 3.63. The standard InChI is InChI=1S/C20H30N2O3/c1-13-9-18(24-2)19(25-3)11-15(13)12-21-17-6-4-5-14(10-17)20(23)22-16-7-8-16/h9,11,14,16-17,21H,4-8,10,12H2,1-3H3,(H,22,23)/t14-,17+/m0/s1. The highest BCUT2D eigenvalue weighted by atomic mass is 16.5. The first kappa shape index (κ1) is 18.1. The number of benzene rings is 1. The largest absolute Gasteiger partial charge is 0.493 e. The van der Waals surface area contributed by atoms with Gasteiger partial charge in [-0.1, -0.05) is 6.42 Å². The summed E-state index contributed by atoms with van der Waals surface area (Å²) < 4.78 is 10.8. The van der Waals surface area contributed by atoms with E-state index in [0.29, 0.717) is 12.1 Å². The quantitative estimate of drug-likeness (QED) is 0.797. The number of ether oxygens (including phenoxy) is 2. The van der Waals surface area contributed by atoms with E-state index in [0.717, 1.165) is 56.6 Å². The third-order valence-corrected chi connectivity index (χ3v) is 5.39. The average Bonchev–Trinajstić information content (AvgIpc) is 3.44. The molecule has 0 heterocycles. The highest BCUT2D eigenvalue weighted by Crippen LogP contribution is 2.31. The van der Waals surface area contributed by atoms with E-state index in [1.807, 2.05) is 12.1 Å². The van der Waals surface area contributed by atoms with Crippen LogP contribution in [0.1, 0.15) is 49.7 Å². The number of amides is 1. The molecule has 2 fully saturated rings. The molecule has 2 saturated carbocycles. The Hall–Kier alpha value is -1.75. The van der Waals surface area contributed by atoms with Gasteiger partial charge in [-0.15, -0.1) is 0 Å². The number of carbonyl (C=O) groups is 1. The van der Waals surface area contributed by atoms with Crippen molar-refractivity contribution in [2.24, 2.45) is 5.92 Å². The second-order valence-corrected chi connectivity index (χ2v) is 7.36. The van der Waals surface area contributed by atoms with Gasteiger partial charge in [0.1, 0.15) is 0 Å². The van der Waals surface area contributed by atoms with Gasteiger partial charge in [-0.05, 0) is 62.3 Å². The van der Waals surface area contributed by atoms with Gasteiger partial charge in [-0.3, -0.25) is 4.79 Å². The van der Waals surface area contributed by atoms with Crippen LogP contribution in [0.3, 0.4) is 0 Å². The summed E-state index contributed by atoms with van der Waals surface area (Å²) in [6.45, 7) is 2.87. The van der Waals surface area contributed by atoms with Crippen molar-refractivity contribution in [2.75, 3.05) is 14.2 Å². The zero-order chi connectivity index (χ0) is 17.8. The Labute approximate surface area is 150 Å². The number of hydrogen-bond acceptors (Lipinski definition) is 4. The van der Waals surface area contributed by atoms with Crippen LogP contribution in [-0.4, -0.2) is 32.2 Å². The first-order valence-corrected chi connectivity index (χ1v) is 9.36. The Bertz CT molecular complexity index is 613. The molecule has 2 atom stereocenters. The molecular weight excluding hydrogens is 316 g/mol. The van der Waals surface area contributed by atoms with Gasteiger partial charge in [-0.25, -0.2) is 0 Å². The molecule has 2 aliphatic carbocycles. The molecule has 0 saturated heterocycles. The predicted molar refractivity (Wildman–Crippen MR) is 98.0 cm³/mol. The first-order valence-electron chi connectivity index (χ1n) is 9.36. The Morgan fingerprint density at radius 3 is 2.48 bits per heavy atom. The van der Waals surface area contributed by atoms with Crippen molar-refractivity contribution in [2.45, 2.75) is 64.1 Å². The van der Waals surface area contributed by atoms with Gasteiger partial charge in [0.15, 0.2) is 11.5 Å². The SMILES string of the molecule is COc1cc(C)c(CN[C@@H]2CCC[C@H](C(=O)NC3CC3)C2)cc1OC. The Kier molecular flexibility index (Phi) is 5.84. The molecule has 5 nitrogen and oxygen atoms in total. The number of hydrogen-bond donors (Lipinski definition) is 2. The van der Waals surface area contributed by atoms with Crippen molar-refractivity contribution in [3.63, 3.8) is 0 Å². The summed E-state index contributed by atoms with van der Waals surface area (Å²) in [5, 5.41) is 6.80. The smallest absolute Gasteiger partial charge is 0.223 e. The minimum atomic E-state index is 0.165. The van der Waals surface area contributed by atoms with E-state index in [1.165, 1.54) is 11.1 Å². The number of nitrogens with one attached hydrogen (secondary N) is 2. The molecule has 138 valence electrons. The van der Waals surface area contributed by atoms with Gasteiger partial charge in [0.25, 0.3) is 0 Å². The van der Waals surface area contributed by atoms with Gasteiger partial charge in [0, 0.05) is 24.5 Å². The molecule has 1 amide bonds. The molecule has 5 heteroatoms. The highest BCUT2D eigenvalue weighted by Gasteiger charge is 2.31. The minimum Gasteiger partial charge on any atom is -0.493 e. The summed E-state index contributed by atoms with van der Waals surface area (Å²) in [5.41, 5.74) is 2.39. The van der Waals surface area contributed by atoms with E-state index in [1.54, 1.807) is 14.2 Å². The first-order chi connectivity index (χ1) is 12.1. The third kappa shape index (κ3) is 4.66. The van der Waals surface area contributed by atoms with Crippen LogP contribution in [0.4, 0.5) is 0 Å². The lowest BCUT2D eigenvalue weighted by Crippen LogP contribution is -2.40. The zero-order valence-electron chi connectivity index (χ0n) is 15.6. The van der Waals surface area contributed by atoms with Crippen LogP contribution in [0.5, 0.6) is 11.5 Å². The number of carbonyl (C=O) groups excluding carboxylic acids is 1. The van der Waals surface area contributed by atoms with Gasteiger partial charge in [0.05, 0.1) is 14.2 Å². The fraction of sp³-hybridized carbons (Fsp3) is 0.650. The second-order valence-electron chi connectivity index (χ2n) is 7.36.